The number of ether oxygens (including phenoxy) is 3. The third kappa shape index (κ3) is 5.00. The van der Waals surface area contributed by atoms with Crippen LogP contribution >= 0.6 is 12.4 Å². The van der Waals surface area contributed by atoms with Crippen LogP contribution in [0.15, 0.2) is 18.2 Å². The molecule has 1 unspecified atom stereocenters. The number of carbonyl (C=O) groups is 1. The summed E-state index contributed by atoms with van der Waals surface area (Å²) in [5.74, 6) is 2.07. The molecule has 0 radical (unpaired) electrons. The molecule has 1 saturated carbocycles. The van der Waals surface area contributed by atoms with Gasteiger partial charge in [-0.2, -0.15) is 0 Å². The van der Waals surface area contributed by atoms with Gasteiger partial charge < -0.3 is 24.8 Å². The molecule has 1 aliphatic heterocycles. The fourth-order valence-corrected chi connectivity index (χ4v) is 2.76. The fourth-order valence-electron chi connectivity index (χ4n) is 2.76. The molecular formula is C17H25ClN2O4. The zero-order chi connectivity index (χ0) is 16.1. The first-order valence-corrected chi connectivity index (χ1v) is 8.16. The van der Waals surface area contributed by atoms with Crippen molar-refractivity contribution in [2.75, 3.05) is 40.0 Å². The van der Waals surface area contributed by atoms with Gasteiger partial charge in [-0.3, -0.25) is 4.79 Å². The first kappa shape index (κ1) is 18.8. The van der Waals surface area contributed by atoms with Crippen molar-refractivity contribution in [3.63, 3.8) is 0 Å². The monoisotopic (exact) mass is 356 g/mol. The number of fused-ring (bicyclic) bond motifs is 1. The number of halogens is 1. The molecule has 24 heavy (non-hydrogen) atoms. The van der Waals surface area contributed by atoms with Gasteiger partial charge in [0.25, 0.3) is 0 Å². The van der Waals surface area contributed by atoms with Crippen LogP contribution in [0.2, 0.25) is 0 Å². The van der Waals surface area contributed by atoms with E-state index in [0.717, 1.165) is 29.9 Å². The Balaban J connectivity index is 0.00000208. The number of carbonyl (C=O) groups excluding carboxylic acids is 1. The van der Waals surface area contributed by atoms with Crippen molar-refractivity contribution >= 4 is 18.3 Å². The van der Waals surface area contributed by atoms with Crippen LogP contribution < -0.4 is 20.1 Å². The highest BCUT2D eigenvalue weighted by Gasteiger charge is 2.34. The molecule has 1 fully saturated rings. The van der Waals surface area contributed by atoms with Gasteiger partial charge in [-0.15, -0.1) is 12.4 Å². The third-order valence-corrected chi connectivity index (χ3v) is 4.10. The molecule has 0 saturated heterocycles. The normalized spacial score (nSPS) is 16.9. The lowest BCUT2D eigenvalue weighted by Gasteiger charge is -2.23. The number of methoxy groups -OCH3 is 1. The number of hydrogen-bond acceptors (Lipinski definition) is 5. The Bertz CT molecular complexity index is 551. The van der Waals surface area contributed by atoms with E-state index in [1.54, 1.807) is 7.11 Å². The van der Waals surface area contributed by atoms with Crippen molar-refractivity contribution < 1.29 is 19.0 Å². The van der Waals surface area contributed by atoms with Gasteiger partial charge in [0.15, 0.2) is 11.5 Å². The Morgan fingerprint density at radius 2 is 2.04 bits per heavy atom. The average molecular weight is 357 g/mol. The predicted molar refractivity (Wildman–Crippen MR) is 93.0 cm³/mol. The highest BCUT2D eigenvalue weighted by atomic mass is 35.5. The van der Waals surface area contributed by atoms with E-state index in [1.165, 1.54) is 0 Å². The van der Waals surface area contributed by atoms with Crippen molar-refractivity contribution in [2.45, 2.75) is 18.9 Å². The van der Waals surface area contributed by atoms with Crippen LogP contribution in [0.25, 0.3) is 0 Å². The summed E-state index contributed by atoms with van der Waals surface area (Å²) in [6, 6.07) is 6.00. The smallest absolute Gasteiger partial charge is 0.234 e. The molecule has 1 aliphatic carbocycles. The summed E-state index contributed by atoms with van der Waals surface area (Å²) in [5.41, 5.74) is 1.09. The zero-order valence-corrected chi connectivity index (χ0v) is 14.7. The Morgan fingerprint density at radius 3 is 2.75 bits per heavy atom. The largest absolute Gasteiger partial charge is 0.486 e. The van der Waals surface area contributed by atoms with Gasteiger partial charge in [0.1, 0.15) is 13.2 Å². The number of rotatable bonds is 8. The molecule has 6 nitrogen and oxygen atoms in total. The van der Waals surface area contributed by atoms with Crippen LogP contribution in [0.5, 0.6) is 11.5 Å². The second kappa shape index (κ2) is 9.11. The number of hydrogen-bond donors (Lipinski definition) is 2. The summed E-state index contributed by atoms with van der Waals surface area (Å²) in [6.45, 7) is 2.73. The van der Waals surface area contributed by atoms with E-state index < -0.39 is 0 Å². The Kier molecular flexibility index (Phi) is 7.15. The lowest BCUT2D eigenvalue weighted by atomic mass is 10.0. The van der Waals surface area contributed by atoms with Crippen molar-refractivity contribution in [1.29, 1.82) is 0 Å². The van der Waals surface area contributed by atoms with Gasteiger partial charge in [0.2, 0.25) is 5.91 Å². The molecule has 0 bridgehead atoms. The number of amides is 1. The summed E-state index contributed by atoms with van der Waals surface area (Å²) in [4.78, 5) is 12.1. The Morgan fingerprint density at radius 1 is 1.29 bits per heavy atom. The molecule has 1 amide bonds. The molecule has 0 spiro atoms. The number of nitrogens with one attached hydrogen (secondary N) is 2. The summed E-state index contributed by atoms with van der Waals surface area (Å²) in [5, 5.41) is 6.21. The quantitative estimate of drug-likeness (QED) is 0.694. The lowest BCUT2D eigenvalue weighted by Crippen LogP contribution is -2.38. The van der Waals surface area contributed by atoms with E-state index in [2.05, 4.69) is 10.6 Å². The minimum absolute atomic E-state index is 0. The minimum atomic E-state index is 0. The minimum Gasteiger partial charge on any atom is -0.486 e. The molecule has 134 valence electrons. The van der Waals surface area contributed by atoms with Gasteiger partial charge in [-0.25, -0.2) is 0 Å². The predicted octanol–water partition coefficient (Wildman–Crippen LogP) is 1.68. The van der Waals surface area contributed by atoms with Crippen LogP contribution in [0, 0.1) is 5.92 Å². The average Bonchev–Trinajstić information content (AvgIpc) is 3.41. The van der Waals surface area contributed by atoms with E-state index >= 15 is 0 Å². The maximum absolute atomic E-state index is 12.1. The standard InChI is InChI=1S/C17H24N2O4.ClH/c1-21-7-6-18-11-16(20)19-17(12-2-3-12)13-4-5-14-15(10-13)23-9-8-22-14;/h4-5,10,12,17-18H,2-3,6-9,11H2,1H3,(H,19,20);1H. The van der Waals surface area contributed by atoms with Gasteiger partial charge in [-0.05, 0) is 36.5 Å². The van der Waals surface area contributed by atoms with E-state index in [4.69, 9.17) is 14.2 Å². The van der Waals surface area contributed by atoms with Crippen LogP contribution in [0.3, 0.4) is 0 Å². The molecule has 1 atom stereocenters. The molecule has 2 N–H and O–H groups in total. The summed E-state index contributed by atoms with van der Waals surface area (Å²) >= 11 is 0. The molecule has 2 aliphatic rings. The van der Waals surface area contributed by atoms with Crippen LogP contribution in [0.4, 0.5) is 0 Å². The second-order valence-electron chi connectivity index (χ2n) is 5.96. The number of benzene rings is 1. The molecule has 0 aromatic heterocycles. The van der Waals surface area contributed by atoms with E-state index in [0.29, 0.717) is 38.8 Å². The van der Waals surface area contributed by atoms with Gasteiger partial charge in [-0.1, -0.05) is 6.07 Å². The first-order valence-electron chi connectivity index (χ1n) is 8.16. The second-order valence-corrected chi connectivity index (χ2v) is 5.96. The topological polar surface area (TPSA) is 68.8 Å². The lowest BCUT2D eigenvalue weighted by molar-refractivity contribution is -0.121. The van der Waals surface area contributed by atoms with Crippen LogP contribution in [0.1, 0.15) is 24.4 Å². The van der Waals surface area contributed by atoms with Crippen molar-refractivity contribution in [3.05, 3.63) is 23.8 Å². The van der Waals surface area contributed by atoms with Crippen molar-refractivity contribution in [3.8, 4) is 11.5 Å². The molecule has 1 aromatic carbocycles. The van der Waals surface area contributed by atoms with Crippen LogP contribution in [-0.2, 0) is 9.53 Å². The van der Waals surface area contributed by atoms with E-state index in [1.807, 2.05) is 18.2 Å². The summed E-state index contributed by atoms with van der Waals surface area (Å²) < 4.78 is 16.2. The maximum Gasteiger partial charge on any atom is 0.234 e. The van der Waals surface area contributed by atoms with Gasteiger partial charge in [0, 0.05) is 13.7 Å². The fraction of sp³-hybridized carbons (Fsp3) is 0.588. The maximum atomic E-state index is 12.1. The first-order chi connectivity index (χ1) is 11.3. The third-order valence-electron chi connectivity index (χ3n) is 4.10. The van der Waals surface area contributed by atoms with Crippen molar-refractivity contribution in [2.24, 2.45) is 5.92 Å². The Hall–Kier alpha value is -1.50. The molecule has 3 rings (SSSR count). The van der Waals surface area contributed by atoms with Crippen molar-refractivity contribution in [1.82, 2.24) is 10.6 Å². The highest BCUT2D eigenvalue weighted by molar-refractivity contribution is 5.85. The summed E-state index contributed by atoms with van der Waals surface area (Å²) in [6.07, 6.45) is 2.30. The van der Waals surface area contributed by atoms with Gasteiger partial charge in [0.05, 0.1) is 19.2 Å². The van der Waals surface area contributed by atoms with Gasteiger partial charge >= 0.3 is 0 Å². The molecular weight excluding hydrogens is 332 g/mol. The molecule has 1 aromatic rings. The zero-order valence-electron chi connectivity index (χ0n) is 13.9. The SMILES string of the molecule is COCCNCC(=O)NC(c1ccc2c(c1)OCCO2)C1CC1.Cl. The molecule has 1 heterocycles. The van der Waals surface area contributed by atoms with E-state index in [-0.39, 0.29) is 24.4 Å². The van der Waals surface area contributed by atoms with E-state index in [9.17, 15) is 4.79 Å². The van der Waals surface area contributed by atoms with Crippen LogP contribution in [-0.4, -0.2) is 45.9 Å². The molecule has 7 heteroatoms. The summed E-state index contributed by atoms with van der Waals surface area (Å²) in [7, 11) is 1.65. The Labute approximate surface area is 148 Å². The highest BCUT2D eigenvalue weighted by Crippen LogP contribution is 2.43.